The lowest BCUT2D eigenvalue weighted by Gasteiger charge is -2.08. The van der Waals surface area contributed by atoms with Crippen molar-refractivity contribution in [3.8, 4) is 23.0 Å². The molecule has 0 atom stereocenters. The van der Waals surface area contributed by atoms with Crippen molar-refractivity contribution in [2.75, 3.05) is 14.2 Å². The molecule has 0 aliphatic heterocycles. The number of nitrogens with one attached hydrogen (secondary N) is 1. The fraction of sp³-hybridized carbons (Fsp3) is 0.316. The van der Waals surface area contributed by atoms with E-state index in [1.165, 1.54) is 6.07 Å². The summed E-state index contributed by atoms with van der Waals surface area (Å²) in [5.74, 6) is 2.71. The van der Waals surface area contributed by atoms with Crippen molar-refractivity contribution in [1.82, 2.24) is 19.7 Å². The van der Waals surface area contributed by atoms with Gasteiger partial charge in [0.05, 0.1) is 19.9 Å². The molecule has 0 aliphatic rings. The minimum absolute atomic E-state index is 0.157. The third-order valence-corrected chi connectivity index (χ3v) is 3.97. The third kappa shape index (κ3) is 3.77. The molecule has 0 radical (unpaired) electrons. The number of rotatable bonds is 7. The predicted molar refractivity (Wildman–Crippen MR) is 98.7 cm³/mol. The number of H-pyrrole nitrogens is 1. The van der Waals surface area contributed by atoms with E-state index in [1.807, 2.05) is 28.9 Å². The Hall–Kier alpha value is -3.09. The highest BCUT2D eigenvalue weighted by atomic mass is 16.5. The smallest absolute Gasteiger partial charge is 0.248 e. The Labute approximate surface area is 151 Å². The van der Waals surface area contributed by atoms with E-state index < -0.39 is 0 Å². The minimum Gasteiger partial charge on any atom is -0.493 e. The van der Waals surface area contributed by atoms with E-state index in [0.29, 0.717) is 35.3 Å². The van der Waals surface area contributed by atoms with Crippen LogP contribution in [-0.4, -0.2) is 34.0 Å². The van der Waals surface area contributed by atoms with Gasteiger partial charge in [0.15, 0.2) is 23.1 Å². The first-order chi connectivity index (χ1) is 12.6. The average Bonchev–Trinajstić information content (AvgIpc) is 3.04. The van der Waals surface area contributed by atoms with E-state index >= 15 is 0 Å². The molecule has 0 saturated heterocycles. The Kier molecular flexibility index (Phi) is 5.36. The molecule has 0 spiro atoms. The Morgan fingerprint density at radius 2 is 1.92 bits per heavy atom. The quantitative estimate of drug-likeness (QED) is 0.705. The minimum atomic E-state index is -0.157. The molecule has 3 aromatic rings. The van der Waals surface area contributed by atoms with Crippen molar-refractivity contribution in [3.63, 3.8) is 0 Å². The maximum atomic E-state index is 11.6. The van der Waals surface area contributed by atoms with Crippen LogP contribution in [0.3, 0.4) is 0 Å². The second-order valence-electron chi connectivity index (χ2n) is 5.87. The first-order valence-corrected chi connectivity index (χ1v) is 8.49. The van der Waals surface area contributed by atoms with Gasteiger partial charge in [0.25, 0.3) is 0 Å². The summed E-state index contributed by atoms with van der Waals surface area (Å²) in [5, 5.41) is 4.61. The summed E-state index contributed by atoms with van der Waals surface area (Å²) >= 11 is 0. The van der Waals surface area contributed by atoms with Crippen LogP contribution in [0.5, 0.6) is 11.5 Å². The Morgan fingerprint density at radius 3 is 2.62 bits per heavy atom. The van der Waals surface area contributed by atoms with Crippen molar-refractivity contribution in [2.24, 2.45) is 0 Å². The maximum Gasteiger partial charge on any atom is 0.248 e. The first-order valence-electron chi connectivity index (χ1n) is 8.49. The largest absolute Gasteiger partial charge is 0.493 e. The number of methoxy groups -OCH3 is 2. The highest BCUT2D eigenvalue weighted by Crippen LogP contribution is 2.28. The van der Waals surface area contributed by atoms with Crippen molar-refractivity contribution >= 4 is 0 Å². The van der Waals surface area contributed by atoms with Gasteiger partial charge >= 0.3 is 0 Å². The summed E-state index contributed by atoms with van der Waals surface area (Å²) in [6.45, 7) is 2.80. The lowest BCUT2D eigenvalue weighted by atomic mass is 10.1. The molecule has 2 heterocycles. The second-order valence-corrected chi connectivity index (χ2v) is 5.87. The standard InChI is InChI=1S/C19H22N4O3/c1-4-10-23-19(14-6-5-7-18(24)20-14)21-17(22-23)12-13-8-9-15(25-2)16(11-13)26-3/h5-9,11H,4,10,12H2,1-3H3,(H,20,24). The molecule has 1 aromatic carbocycles. The van der Waals surface area contributed by atoms with E-state index in [9.17, 15) is 4.79 Å². The van der Waals surface area contributed by atoms with Crippen molar-refractivity contribution in [1.29, 1.82) is 0 Å². The molecule has 136 valence electrons. The Balaban J connectivity index is 1.94. The van der Waals surface area contributed by atoms with Crippen LogP contribution in [0.15, 0.2) is 41.2 Å². The number of aryl methyl sites for hydroxylation is 1. The number of pyridine rings is 1. The summed E-state index contributed by atoms with van der Waals surface area (Å²) in [6, 6.07) is 10.8. The molecule has 0 amide bonds. The fourth-order valence-electron chi connectivity index (χ4n) is 2.78. The first kappa shape index (κ1) is 17.7. The van der Waals surface area contributed by atoms with E-state index in [1.54, 1.807) is 20.3 Å². The number of benzene rings is 1. The van der Waals surface area contributed by atoms with E-state index in [0.717, 1.165) is 18.5 Å². The number of ether oxygens (including phenoxy) is 2. The summed E-state index contributed by atoms with van der Waals surface area (Å²) < 4.78 is 12.5. The topological polar surface area (TPSA) is 82.0 Å². The molecule has 3 rings (SSSR count). The van der Waals surface area contributed by atoms with Crippen LogP contribution in [0.1, 0.15) is 24.7 Å². The normalized spacial score (nSPS) is 10.7. The molecule has 0 fully saturated rings. The number of hydrogen-bond donors (Lipinski definition) is 1. The SMILES string of the molecule is CCCn1nc(Cc2ccc(OC)c(OC)c2)nc1-c1cccc(=O)[nH]1. The van der Waals surface area contributed by atoms with Crippen LogP contribution in [0, 0.1) is 0 Å². The van der Waals surface area contributed by atoms with Gasteiger partial charge in [-0.3, -0.25) is 4.79 Å². The van der Waals surface area contributed by atoms with Crippen LogP contribution in [0.4, 0.5) is 0 Å². The zero-order chi connectivity index (χ0) is 18.5. The highest BCUT2D eigenvalue weighted by Gasteiger charge is 2.14. The summed E-state index contributed by atoms with van der Waals surface area (Å²) in [7, 11) is 3.22. The van der Waals surface area contributed by atoms with Crippen LogP contribution in [0.25, 0.3) is 11.5 Å². The van der Waals surface area contributed by atoms with E-state index in [2.05, 4.69) is 22.0 Å². The number of hydrogen-bond acceptors (Lipinski definition) is 5. The van der Waals surface area contributed by atoms with Gasteiger partial charge in [-0.1, -0.05) is 19.1 Å². The zero-order valence-electron chi connectivity index (χ0n) is 15.2. The molecule has 1 N–H and O–H groups in total. The molecule has 0 saturated carbocycles. The van der Waals surface area contributed by atoms with Crippen LogP contribution < -0.4 is 15.0 Å². The fourth-order valence-corrected chi connectivity index (χ4v) is 2.78. The Bertz CT molecular complexity index is 946. The molecule has 7 nitrogen and oxygen atoms in total. The molecule has 0 unspecified atom stereocenters. The van der Waals surface area contributed by atoms with Crippen molar-refractivity contribution in [3.05, 3.63) is 58.1 Å². The van der Waals surface area contributed by atoms with Gasteiger partial charge in [-0.05, 0) is 30.2 Å². The Morgan fingerprint density at radius 1 is 1.12 bits per heavy atom. The van der Waals surface area contributed by atoms with Crippen LogP contribution in [-0.2, 0) is 13.0 Å². The highest BCUT2D eigenvalue weighted by molar-refractivity contribution is 5.49. The molecule has 26 heavy (non-hydrogen) atoms. The summed E-state index contributed by atoms with van der Waals surface area (Å²) in [4.78, 5) is 19.1. The second kappa shape index (κ2) is 7.86. The van der Waals surface area contributed by atoms with E-state index in [4.69, 9.17) is 9.47 Å². The van der Waals surface area contributed by atoms with Gasteiger partial charge in [0.1, 0.15) is 0 Å². The molecule has 0 aliphatic carbocycles. The number of aromatic nitrogens is 4. The van der Waals surface area contributed by atoms with Gasteiger partial charge in [0.2, 0.25) is 5.56 Å². The van der Waals surface area contributed by atoms with Crippen molar-refractivity contribution < 1.29 is 9.47 Å². The zero-order valence-corrected chi connectivity index (χ0v) is 15.2. The molecular weight excluding hydrogens is 332 g/mol. The molecular formula is C19H22N4O3. The van der Waals surface area contributed by atoms with Gasteiger partial charge in [0, 0.05) is 19.0 Å². The lowest BCUT2D eigenvalue weighted by Crippen LogP contribution is -2.08. The average molecular weight is 354 g/mol. The van der Waals surface area contributed by atoms with Crippen LogP contribution in [0.2, 0.25) is 0 Å². The van der Waals surface area contributed by atoms with E-state index in [-0.39, 0.29) is 5.56 Å². The monoisotopic (exact) mass is 354 g/mol. The van der Waals surface area contributed by atoms with Crippen LogP contribution >= 0.6 is 0 Å². The predicted octanol–water partition coefficient (Wildman–Crippen LogP) is 2.65. The molecule has 2 aromatic heterocycles. The maximum absolute atomic E-state index is 11.6. The third-order valence-electron chi connectivity index (χ3n) is 3.97. The number of nitrogens with zero attached hydrogens (tertiary/aromatic N) is 3. The van der Waals surface area contributed by atoms with Gasteiger partial charge in [-0.2, -0.15) is 5.10 Å². The van der Waals surface area contributed by atoms with Gasteiger partial charge in [-0.15, -0.1) is 0 Å². The lowest BCUT2D eigenvalue weighted by molar-refractivity contribution is 0.354. The summed E-state index contributed by atoms with van der Waals surface area (Å²) in [6.07, 6.45) is 1.48. The number of aromatic amines is 1. The molecule has 0 bridgehead atoms. The summed E-state index contributed by atoms with van der Waals surface area (Å²) in [5.41, 5.74) is 1.52. The molecule has 7 heteroatoms. The van der Waals surface area contributed by atoms with Gasteiger partial charge < -0.3 is 14.5 Å². The van der Waals surface area contributed by atoms with Gasteiger partial charge in [-0.25, -0.2) is 9.67 Å². The van der Waals surface area contributed by atoms with Crippen molar-refractivity contribution in [2.45, 2.75) is 26.3 Å².